The van der Waals surface area contributed by atoms with E-state index in [-0.39, 0.29) is 11.5 Å². The molecule has 1 aromatic carbocycles. The van der Waals surface area contributed by atoms with Crippen LogP contribution >= 0.6 is 0 Å². The first-order valence-corrected chi connectivity index (χ1v) is 6.89. The van der Waals surface area contributed by atoms with Gasteiger partial charge in [-0.15, -0.1) is 0 Å². The van der Waals surface area contributed by atoms with E-state index in [0.29, 0.717) is 12.1 Å². The van der Waals surface area contributed by atoms with Crippen LogP contribution in [0.2, 0.25) is 0 Å². The third kappa shape index (κ3) is 5.08. The first-order chi connectivity index (χ1) is 10.3. The molecule has 0 bridgehead atoms. The van der Waals surface area contributed by atoms with Crippen molar-refractivity contribution < 1.29 is 19.1 Å². The lowest BCUT2D eigenvalue weighted by Crippen LogP contribution is -2.46. The number of benzene rings is 1. The number of rotatable bonds is 6. The van der Waals surface area contributed by atoms with E-state index in [1.807, 2.05) is 13.8 Å². The van der Waals surface area contributed by atoms with Crippen molar-refractivity contribution in [1.82, 2.24) is 5.32 Å². The first kappa shape index (κ1) is 17.5. The van der Waals surface area contributed by atoms with Crippen molar-refractivity contribution >= 4 is 23.6 Å². The molecule has 7 heteroatoms. The van der Waals surface area contributed by atoms with Crippen LogP contribution in [0, 0.1) is 5.92 Å². The zero-order valence-corrected chi connectivity index (χ0v) is 12.9. The molecule has 120 valence electrons. The van der Waals surface area contributed by atoms with Gasteiger partial charge in [0.05, 0.1) is 18.4 Å². The second kappa shape index (κ2) is 8.02. The molecule has 7 nitrogen and oxygen atoms in total. The number of amides is 3. The van der Waals surface area contributed by atoms with Gasteiger partial charge in [0.15, 0.2) is 0 Å². The van der Waals surface area contributed by atoms with Crippen LogP contribution in [0.3, 0.4) is 0 Å². The van der Waals surface area contributed by atoms with Crippen LogP contribution in [0.15, 0.2) is 24.3 Å². The minimum Gasteiger partial charge on any atom is -0.465 e. The van der Waals surface area contributed by atoms with Gasteiger partial charge in [-0.1, -0.05) is 26.0 Å². The minimum absolute atomic E-state index is 0.179. The number of hydrogen-bond donors (Lipinski definition) is 3. The standard InChI is InChI=1S/C15H21N3O4/c1-9(2)8-12(18-15(16)21)13(19)17-11-7-5-4-6-10(11)14(20)22-3/h4-7,9,12H,8H2,1-3H3,(H,17,19)(H3,16,18,21)/t12-/m0/s1. The summed E-state index contributed by atoms with van der Waals surface area (Å²) in [5.74, 6) is -0.818. The predicted molar refractivity (Wildman–Crippen MR) is 82.4 cm³/mol. The molecule has 0 aromatic heterocycles. The number of nitrogens with one attached hydrogen (secondary N) is 2. The summed E-state index contributed by atoms with van der Waals surface area (Å²) in [4.78, 5) is 35.0. The fourth-order valence-electron chi connectivity index (χ4n) is 1.97. The van der Waals surface area contributed by atoms with E-state index < -0.39 is 23.9 Å². The van der Waals surface area contributed by atoms with Gasteiger partial charge in [-0.25, -0.2) is 9.59 Å². The van der Waals surface area contributed by atoms with E-state index >= 15 is 0 Å². The average Bonchev–Trinajstić information content (AvgIpc) is 2.45. The highest BCUT2D eigenvalue weighted by Crippen LogP contribution is 2.17. The maximum atomic E-state index is 12.3. The van der Waals surface area contributed by atoms with Crippen LogP contribution in [0.4, 0.5) is 10.5 Å². The van der Waals surface area contributed by atoms with Crippen LogP contribution in [0.1, 0.15) is 30.6 Å². The van der Waals surface area contributed by atoms with E-state index in [0.717, 1.165) is 0 Å². The van der Waals surface area contributed by atoms with E-state index in [1.165, 1.54) is 7.11 Å². The van der Waals surface area contributed by atoms with Crippen molar-refractivity contribution in [2.75, 3.05) is 12.4 Å². The fourth-order valence-corrected chi connectivity index (χ4v) is 1.97. The number of para-hydroxylation sites is 1. The number of carbonyl (C=O) groups is 3. The molecule has 0 heterocycles. The summed E-state index contributed by atoms with van der Waals surface area (Å²) >= 11 is 0. The van der Waals surface area contributed by atoms with E-state index in [9.17, 15) is 14.4 Å². The molecule has 0 saturated carbocycles. The Hall–Kier alpha value is -2.57. The molecule has 0 aliphatic rings. The van der Waals surface area contributed by atoms with Gasteiger partial charge in [0.1, 0.15) is 6.04 Å². The average molecular weight is 307 g/mol. The Morgan fingerprint density at radius 1 is 1.23 bits per heavy atom. The van der Waals surface area contributed by atoms with Gasteiger partial charge in [-0.3, -0.25) is 4.79 Å². The summed E-state index contributed by atoms with van der Waals surface area (Å²) in [6.45, 7) is 3.84. The lowest BCUT2D eigenvalue weighted by atomic mass is 10.0. The van der Waals surface area contributed by atoms with E-state index in [1.54, 1.807) is 24.3 Å². The van der Waals surface area contributed by atoms with Crippen LogP contribution in [0.25, 0.3) is 0 Å². The molecule has 22 heavy (non-hydrogen) atoms. The van der Waals surface area contributed by atoms with E-state index in [4.69, 9.17) is 5.73 Å². The zero-order valence-electron chi connectivity index (χ0n) is 12.9. The molecular weight excluding hydrogens is 286 g/mol. The van der Waals surface area contributed by atoms with Gasteiger partial charge in [0.2, 0.25) is 5.91 Å². The molecular formula is C15H21N3O4. The van der Waals surface area contributed by atoms with Crippen molar-refractivity contribution in [1.29, 1.82) is 0 Å². The molecule has 3 amide bonds. The maximum absolute atomic E-state index is 12.3. The zero-order chi connectivity index (χ0) is 16.7. The lowest BCUT2D eigenvalue weighted by molar-refractivity contribution is -0.118. The number of nitrogens with two attached hydrogens (primary N) is 1. The highest BCUT2D eigenvalue weighted by molar-refractivity contribution is 6.03. The topological polar surface area (TPSA) is 111 Å². The Morgan fingerprint density at radius 3 is 2.41 bits per heavy atom. The summed E-state index contributed by atoms with van der Waals surface area (Å²) in [6.07, 6.45) is 0.426. The number of carbonyl (C=O) groups excluding carboxylic acids is 3. The monoisotopic (exact) mass is 307 g/mol. The number of urea groups is 1. The second-order valence-electron chi connectivity index (χ2n) is 5.22. The van der Waals surface area contributed by atoms with Crippen molar-refractivity contribution in [3.05, 3.63) is 29.8 Å². The highest BCUT2D eigenvalue weighted by atomic mass is 16.5. The smallest absolute Gasteiger partial charge is 0.339 e. The Morgan fingerprint density at radius 2 is 1.86 bits per heavy atom. The first-order valence-electron chi connectivity index (χ1n) is 6.89. The normalized spacial score (nSPS) is 11.6. The molecule has 0 aliphatic heterocycles. The molecule has 1 aromatic rings. The highest BCUT2D eigenvalue weighted by Gasteiger charge is 2.22. The second-order valence-corrected chi connectivity index (χ2v) is 5.22. The van der Waals surface area contributed by atoms with Gasteiger partial charge in [0.25, 0.3) is 0 Å². The Kier molecular flexibility index (Phi) is 6.37. The summed E-state index contributed by atoms with van der Waals surface area (Å²) in [5, 5.41) is 5.03. The number of anilines is 1. The third-order valence-corrected chi connectivity index (χ3v) is 2.93. The summed E-state index contributed by atoms with van der Waals surface area (Å²) in [5.41, 5.74) is 5.65. The molecule has 0 spiro atoms. The van der Waals surface area contributed by atoms with Gasteiger partial charge < -0.3 is 21.1 Å². The molecule has 4 N–H and O–H groups in total. The molecule has 0 fully saturated rings. The van der Waals surface area contributed by atoms with Gasteiger partial charge in [0, 0.05) is 0 Å². The Balaban J connectivity index is 2.93. The maximum Gasteiger partial charge on any atom is 0.339 e. The molecule has 0 unspecified atom stereocenters. The number of ether oxygens (including phenoxy) is 1. The van der Waals surface area contributed by atoms with Crippen LogP contribution in [-0.2, 0) is 9.53 Å². The van der Waals surface area contributed by atoms with Crippen molar-refractivity contribution in [3.8, 4) is 0 Å². The Labute approximate surface area is 129 Å². The SMILES string of the molecule is COC(=O)c1ccccc1NC(=O)[C@H](CC(C)C)NC(N)=O. The largest absolute Gasteiger partial charge is 0.465 e. The molecule has 1 rings (SSSR count). The predicted octanol–water partition coefficient (Wildman–Crippen LogP) is 1.49. The number of primary amides is 1. The van der Waals surface area contributed by atoms with E-state index in [2.05, 4.69) is 15.4 Å². The number of esters is 1. The quantitative estimate of drug-likeness (QED) is 0.691. The number of methoxy groups -OCH3 is 1. The van der Waals surface area contributed by atoms with Crippen LogP contribution in [0.5, 0.6) is 0 Å². The van der Waals surface area contributed by atoms with Crippen LogP contribution < -0.4 is 16.4 Å². The van der Waals surface area contributed by atoms with Crippen LogP contribution in [-0.4, -0.2) is 31.1 Å². The Bertz CT molecular complexity index is 557. The fraction of sp³-hybridized carbons (Fsp3) is 0.400. The lowest BCUT2D eigenvalue weighted by Gasteiger charge is -2.19. The summed E-state index contributed by atoms with van der Waals surface area (Å²) in [7, 11) is 1.26. The summed E-state index contributed by atoms with van der Waals surface area (Å²) in [6, 6.07) is 4.92. The van der Waals surface area contributed by atoms with Crippen molar-refractivity contribution in [2.45, 2.75) is 26.3 Å². The van der Waals surface area contributed by atoms with Crippen molar-refractivity contribution in [3.63, 3.8) is 0 Å². The summed E-state index contributed by atoms with van der Waals surface area (Å²) < 4.78 is 4.67. The minimum atomic E-state index is -0.776. The molecule has 0 radical (unpaired) electrons. The number of hydrogen-bond acceptors (Lipinski definition) is 4. The van der Waals surface area contributed by atoms with Crippen molar-refractivity contribution in [2.24, 2.45) is 11.7 Å². The molecule has 1 atom stereocenters. The van der Waals surface area contributed by atoms with Gasteiger partial charge in [-0.05, 0) is 24.5 Å². The third-order valence-electron chi connectivity index (χ3n) is 2.93. The van der Waals surface area contributed by atoms with Gasteiger partial charge in [-0.2, -0.15) is 0 Å². The van der Waals surface area contributed by atoms with Gasteiger partial charge >= 0.3 is 12.0 Å². The molecule has 0 saturated heterocycles. The molecule has 0 aliphatic carbocycles.